The number of nitrogens with zero attached hydrogens (tertiary/aromatic N) is 1. The van der Waals surface area contributed by atoms with Crippen LogP contribution in [0, 0.1) is 0 Å². The van der Waals surface area contributed by atoms with Gasteiger partial charge in [0.2, 0.25) is 0 Å². The first-order valence-corrected chi connectivity index (χ1v) is 5.87. The Kier molecular flexibility index (Phi) is 3.00. The van der Waals surface area contributed by atoms with Gasteiger partial charge in [-0.15, -0.1) is 0 Å². The van der Waals surface area contributed by atoms with Gasteiger partial charge in [-0.2, -0.15) is 8.42 Å². The maximum absolute atomic E-state index is 10.9. The zero-order valence-electron chi connectivity index (χ0n) is 8.39. The van der Waals surface area contributed by atoms with Crippen LogP contribution in [-0.4, -0.2) is 28.8 Å². The summed E-state index contributed by atoms with van der Waals surface area (Å²) in [5.74, 6) is 0.347. The summed E-state index contributed by atoms with van der Waals surface area (Å²) in [5, 5.41) is 0. The fourth-order valence-electron chi connectivity index (χ4n) is 1.06. The highest BCUT2D eigenvalue weighted by molar-refractivity contribution is 7.86. The Bertz CT molecular complexity index is 412. The third-order valence-electron chi connectivity index (χ3n) is 1.59. The number of hydrogen-bond acceptors (Lipinski definition) is 4. The molecule has 0 heterocycles. The molecule has 0 aliphatic rings. The van der Waals surface area contributed by atoms with Gasteiger partial charge in [0.05, 0.1) is 11.9 Å². The summed E-state index contributed by atoms with van der Waals surface area (Å²) >= 11 is 0. The lowest BCUT2D eigenvalue weighted by Crippen LogP contribution is -2.13. The molecule has 0 spiro atoms. The van der Waals surface area contributed by atoms with Crippen LogP contribution in [0.1, 0.15) is 0 Å². The predicted molar refractivity (Wildman–Crippen MR) is 56.2 cm³/mol. The molecule has 1 aromatic rings. The third-order valence-corrected chi connectivity index (χ3v) is 2.07. The highest BCUT2D eigenvalue weighted by Gasteiger charge is 2.09. The summed E-state index contributed by atoms with van der Waals surface area (Å²) in [7, 11) is 0.188. The van der Waals surface area contributed by atoms with Crippen molar-refractivity contribution in [3.63, 3.8) is 0 Å². The molecule has 78 valence electrons. The van der Waals surface area contributed by atoms with Crippen LogP contribution >= 0.6 is 0 Å². The van der Waals surface area contributed by atoms with Gasteiger partial charge in [0.25, 0.3) is 0 Å². The normalized spacial score (nSPS) is 11.1. The fraction of sp³-hybridized carbons (Fsp3) is 0.333. The van der Waals surface area contributed by atoms with Crippen molar-refractivity contribution < 1.29 is 12.6 Å². The summed E-state index contributed by atoms with van der Waals surface area (Å²) < 4.78 is 26.7. The monoisotopic (exact) mass is 215 g/mol. The Hall–Kier alpha value is -1.23. The molecule has 1 rings (SSSR count). The van der Waals surface area contributed by atoms with E-state index >= 15 is 0 Å². The Labute approximate surface area is 84.2 Å². The van der Waals surface area contributed by atoms with E-state index in [4.69, 9.17) is 4.18 Å². The first kappa shape index (κ1) is 10.8. The number of rotatable bonds is 3. The third kappa shape index (κ3) is 2.92. The van der Waals surface area contributed by atoms with Crippen molar-refractivity contribution in [3.05, 3.63) is 24.3 Å². The lowest BCUT2D eigenvalue weighted by Gasteiger charge is -2.16. The van der Waals surface area contributed by atoms with Crippen LogP contribution in [0.15, 0.2) is 24.3 Å². The Morgan fingerprint density at radius 3 is 2.29 bits per heavy atom. The predicted octanol–water partition coefficient (Wildman–Crippen LogP) is 1.09. The van der Waals surface area contributed by atoms with Crippen molar-refractivity contribution in [1.82, 2.24) is 0 Å². The number of benzene rings is 1. The Morgan fingerprint density at radius 1 is 1.21 bits per heavy atom. The molecule has 0 aromatic heterocycles. The average molecular weight is 215 g/mol. The molecular weight excluding hydrogens is 202 g/mol. The molecule has 0 saturated carbocycles. The van der Waals surface area contributed by atoms with E-state index in [1.165, 1.54) is 0 Å². The summed E-state index contributed by atoms with van der Waals surface area (Å²) in [5.41, 5.74) is 0.734. The van der Waals surface area contributed by atoms with Crippen LogP contribution < -0.4 is 9.08 Å². The molecule has 0 amide bonds. The van der Waals surface area contributed by atoms with Crippen molar-refractivity contribution in [2.75, 3.05) is 25.3 Å². The zero-order chi connectivity index (χ0) is 10.8. The van der Waals surface area contributed by atoms with Crippen molar-refractivity contribution in [3.8, 4) is 5.75 Å². The molecule has 0 saturated heterocycles. The molecule has 0 bridgehead atoms. The second-order valence-electron chi connectivity index (χ2n) is 3.15. The van der Waals surface area contributed by atoms with E-state index in [0.717, 1.165) is 11.9 Å². The summed E-state index contributed by atoms with van der Waals surface area (Å²) in [4.78, 5) is 1.79. The maximum Gasteiger partial charge on any atom is 0.306 e. The van der Waals surface area contributed by atoms with Crippen molar-refractivity contribution in [2.24, 2.45) is 0 Å². The maximum atomic E-state index is 10.9. The standard InChI is InChI=1S/C9H13NO3S/c1-10(2)8-6-4-5-7-9(8)13-14(3,11)12/h4-7H,1-3H3. The molecule has 0 fully saturated rings. The molecule has 14 heavy (non-hydrogen) atoms. The minimum absolute atomic E-state index is 0.347. The second kappa shape index (κ2) is 3.88. The Morgan fingerprint density at radius 2 is 1.79 bits per heavy atom. The minimum Gasteiger partial charge on any atom is -0.380 e. The molecule has 0 unspecified atom stereocenters. The molecule has 4 nitrogen and oxygen atoms in total. The van der Waals surface area contributed by atoms with Gasteiger partial charge in [-0.3, -0.25) is 0 Å². The zero-order valence-corrected chi connectivity index (χ0v) is 9.21. The SMILES string of the molecule is CN(C)c1ccccc1OS(C)(=O)=O. The smallest absolute Gasteiger partial charge is 0.306 e. The second-order valence-corrected chi connectivity index (χ2v) is 4.72. The highest BCUT2D eigenvalue weighted by Crippen LogP contribution is 2.26. The molecule has 0 radical (unpaired) electrons. The minimum atomic E-state index is -3.46. The van der Waals surface area contributed by atoms with E-state index in [2.05, 4.69) is 0 Å². The molecule has 5 heteroatoms. The van der Waals surface area contributed by atoms with Gasteiger partial charge in [0.15, 0.2) is 5.75 Å². The van der Waals surface area contributed by atoms with Gasteiger partial charge in [-0.05, 0) is 12.1 Å². The van der Waals surface area contributed by atoms with Crippen LogP contribution in [0.2, 0.25) is 0 Å². The van der Waals surface area contributed by atoms with E-state index in [1.54, 1.807) is 23.1 Å². The molecule has 0 aliphatic heterocycles. The van der Waals surface area contributed by atoms with Crippen LogP contribution in [0.4, 0.5) is 5.69 Å². The van der Waals surface area contributed by atoms with Gasteiger partial charge in [-0.25, -0.2) is 0 Å². The average Bonchev–Trinajstić information content (AvgIpc) is 2.01. The van der Waals surface area contributed by atoms with Gasteiger partial charge < -0.3 is 9.08 Å². The number of anilines is 1. The van der Waals surface area contributed by atoms with Crippen molar-refractivity contribution >= 4 is 15.8 Å². The van der Waals surface area contributed by atoms with Crippen LogP contribution in [0.3, 0.4) is 0 Å². The van der Waals surface area contributed by atoms with Gasteiger partial charge >= 0.3 is 10.1 Å². The van der Waals surface area contributed by atoms with Gasteiger partial charge in [-0.1, -0.05) is 12.1 Å². The van der Waals surface area contributed by atoms with Gasteiger partial charge in [0.1, 0.15) is 0 Å². The van der Waals surface area contributed by atoms with E-state index in [0.29, 0.717) is 5.75 Å². The van der Waals surface area contributed by atoms with E-state index in [9.17, 15) is 8.42 Å². The quantitative estimate of drug-likeness (QED) is 0.708. The largest absolute Gasteiger partial charge is 0.380 e. The summed E-state index contributed by atoms with van der Waals surface area (Å²) in [6.07, 6.45) is 1.03. The molecule has 1 aromatic carbocycles. The van der Waals surface area contributed by atoms with Crippen molar-refractivity contribution in [2.45, 2.75) is 0 Å². The van der Waals surface area contributed by atoms with E-state index < -0.39 is 10.1 Å². The Balaban J connectivity index is 3.08. The molecule has 0 aliphatic carbocycles. The van der Waals surface area contributed by atoms with Crippen LogP contribution in [-0.2, 0) is 10.1 Å². The van der Waals surface area contributed by atoms with Crippen molar-refractivity contribution in [1.29, 1.82) is 0 Å². The molecule has 0 N–H and O–H groups in total. The molecule has 0 atom stereocenters. The molecular formula is C9H13NO3S. The van der Waals surface area contributed by atoms with Crippen LogP contribution in [0.5, 0.6) is 5.75 Å². The number of para-hydroxylation sites is 2. The lowest BCUT2D eigenvalue weighted by atomic mass is 10.3. The first-order chi connectivity index (χ1) is 6.40. The lowest BCUT2D eigenvalue weighted by molar-refractivity contribution is 0.493. The number of hydrogen-bond donors (Lipinski definition) is 0. The van der Waals surface area contributed by atoms with E-state index in [-0.39, 0.29) is 0 Å². The summed E-state index contributed by atoms with van der Waals surface area (Å²) in [6.45, 7) is 0. The van der Waals surface area contributed by atoms with Gasteiger partial charge in [0, 0.05) is 14.1 Å². The summed E-state index contributed by atoms with van der Waals surface area (Å²) in [6, 6.07) is 6.97. The topological polar surface area (TPSA) is 46.6 Å². The highest BCUT2D eigenvalue weighted by atomic mass is 32.2. The fourth-order valence-corrected chi connectivity index (χ4v) is 1.53. The first-order valence-electron chi connectivity index (χ1n) is 4.06. The van der Waals surface area contributed by atoms with E-state index in [1.807, 2.05) is 20.2 Å². The van der Waals surface area contributed by atoms with Crippen LogP contribution in [0.25, 0.3) is 0 Å².